The molecule has 2 rings (SSSR count). The zero-order valence-electron chi connectivity index (χ0n) is 11.1. The molecule has 0 aliphatic rings. The Morgan fingerprint density at radius 3 is 2.70 bits per heavy atom. The molecular weight excluding hydrogens is 257 g/mol. The Balaban J connectivity index is 2.03. The predicted octanol–water partition coefficient (Wildman–Crippen LogP) is 3.06. The average molecular weight is 273 g/mol. The van der Waals surface area contributed by atoms with Crippen LogP contribution in [-0.2, 0) is 11.2 Å². The second-order valence-electron chi connectivity index (χ2n) is 4.66. The molecule has 0 saturated heterocycles. The maximum absolute atomic E-state index is 13.0. The molecule has 0 saturated carbocycles. The van der Waals surface area contributed by atoms with Crippen LogP contribution in [0.25, 0.3) is 0 Å². The maximum atomic E-state index is 13.0. The molecule has 2 aromatic rings. The van der Waals surface area contributed by atoms with E-state index >= 15 is 0 Å². The van der Waals surface area contributed by atoms with Gasteiger partial charge in [0, 0.05) is 5.69 Å². The largest absolute Gasteiger partial charge is 0.389 e. The van der Waals surface area contributed by atoms with Crippen molar-refractivity contribution >= 4 is 11.6 Å². The van der Waals surface area contributed by atoms with Crippen molar-refractivity contribution in [3.63, 3.8) is 0 Å². The number of nitrogens with one attached hydrogen (secondary N) is 1. The van der Waals surface area contributed by atoms with E-state index in [1.807, 2.05) is 0 Å². The van der Waals surface area contributed by atoms with Gasteiger partial charge in [0.2, 0.25) is 5.91 Å². The summed E-state index contributed by atoms with van der Waals surface area (Å²) in [6.45, 7) is 1.66. The van der Waals surface area contributed by atoms with E-state index in [1.165, 1.54) is 12.1 Å². The number of rotatable bonds is 4. The van der Waals surface area contributed by atoms with Crippen LogP contribution in [0.15, 0.2) is 48.5 Å². The third-order valence-corrected chi connectivity index (χ3v) is 2.91. The number of aliphatic hydroxyl groups is 1. The zero-order valence-corrected chi connectivity index (χ0v) is 11.1. The molecule has 0 aromatic heterocycles. The van der Waals surface area contributed by atoms with E-state index < -0.39 is 6.10 Å². The predicted molar refractivity (Wildman–Crippen MR) is 75.8 cm³/mol. The molecule has 1 atom stereocenters. The van der Waals surface area contributed by atoms with Gasteiger partial charge in [-0.2, -0.15) is 0 Å². The van der Waals surface area contributed by atoms with E-state index in [1.54, 1.807) is 43.3 Å². The fraction of sp³-hybridized carbons (Fsp3) is 0.188. The summed E-state index contributed by atoms with van der Waals surface area (Å²) in [5.74, 6) is -0.579. The fourth-order valence-corrected chi connectivity index (χ4v) is 1.91. The van der Waals surface area contributed by atoms with Crippen LogP contribution in [-0.4, -0.2) is 11.0 Å². The first-order valence-electron chi connectivity index (χ1n) is 6.37. The zero-order chi connectivity index (χ0) is 14.5. The summed E-state index contributed by atoms with van der Waals surface area (Å²) in [6.07, 6.45) is -0.480. The van der Waals surface area contributed by atoms with E-state index in [0.717, 1.165) is 5.56 Å². The minimum absolute atomic E-state index is 0.108. The van der Waals surface area contributed by atoms with Crippen LogP contribution in [0.3, 0.4) is 0 Å². The molecule has 0 fully saturated rings. The lowest BCUT2D eigenvalue weighted by Crippen LogP contribution is -2.14. The summed E-state index contributed by atoms with van der Waals surface area (Å²) in [4.78, 5) is 11.9. The van der Waals surface area contributed by atoms with E-state index in [0.29, 0.717) is 11.3 Å². The van der Waals surface area contributed by atoms with Gasteiger partial charge in [-0.1, -0.05) is 24.3 Å². The number of anilines is 1. The summed E-state index contributed by atoms with van der Waals surface area (Å²) >= 11 is 0. The summed E-state index contributed by atoms with van der Waals surface area (Å²) in [5, 5.41) is 12.2. The summed E-state index contributed by atoms with van der Waals surface area (Å²) in [6, 6.07) is 13.0. The standard InChI is InChI=1S/C16H16FNO2/c1-11(19)13-5-3-7-15(10-13)18-16(20)9-12-4-2-6-14(17)8-12/h2-8,10-11,19H,9H2,1H3,(H,18,20). The molecule has 0 spiro atoms. The molecule has 0 radical (unpaired) electrons. The first kappa shape index (κ1) is 14.2. The summed E-state index contributed by atoms with van der Waals surface area (Å²) < 4.78 is 13.0. The van der Waals surface area contributed by atoms with Crippen LogP contribution >= 0.6 is 0 Å². The highest BCUT2D eigenvalue weighted by atomic mass is 19.1. The van der Waals surface area contributed by atoms with E-state index in [9.17, 15) is 14.3 Å². The number of benzene rings is 2. The Morgan fingerprint density at radius 1 is 1.25 bits per heavy atom. The van der Waals surface area contributed by atoms with Gasteiger partial charge in [0.25, 0.3) is 0 Å². The van der Waals surface area contributed by atoms with E-state index in [2.05, 4.69) is 5.32 Å². The number of halogens is 1. The number of hydrogen-bond acceptors (Lipinski definition) is 2. The molecule has 1 amide bonds. The minimum atomic E-state index is -0.588. The molecule has 4 heteroatoms. The van der Waals surface area contributed by atoms with E-state index in [4.69, 9.17) is 0 Å². The third kappa shape index (κ3) is 3.90. The highest BCUT2D eigenvalue weighted by Gasteiger charge is 2.07. The van der Waals surface area contributed by atoms with Crippen molar-refractivity contribution in [2.24, 2.45) is 0 Å². The number of amides is 1. The summed E-state index contributed by atoms with van der Waals surface area (Å²) in [5.41, 5.74) is 1.97. The second kappa shape index (κ2) is 6.30. The van der Waals surface area contributed by atoms with Crippen molar-refractivity contribution in [3.8, 4) is 0 Å². The highest BCUT2D eigenvalue weighted by Crippen LogP contribution is 2.17. The van der Waals surface area contributed by atoms with Crippen molar-refractivity contribution in [2.45, 2.75) is 19.4 Å². The molecule has 1 unspecified atom stereocenters. The Kier molecular flexibility index (Phi) is 4.48. The Bertz CT molecular complexity index is 611. The van der Waals surface area contributed by atoms with Crippen LogP contribution in [0.5, 0.6) is 0 Å². The SMILES string of the molecule is CC(O)c1cccc(NC(=O)Cc2cccc(F)c2)c1. The first-order valence-corrected chi connectivity index (χ1v) is 6.37. The number of aliphatic hydroxyl groups excluding tert-OH is 1. The van der Waals surface area contributed by atoms with Gasteiger partial charge in [-0.25, -0.2) is 4.39 Å². The van der Waals surface area contributed by atoms with Crippen molar-refractivity contribution in [2.75, 3.05) is 5.32 Å². The third-order valence-electron chi connectivity index (χ3n) is 2.91. The van der Waals surface area contributed by atoms with Gasteiger partial charge in [-0.15, -0.1) is 0 Å². The Morgan fingerprint density at radius 2 is 2.00 bits per heavy atom. The molecule has 104 valence electrons. The molecular formula is C16H16FNO2. The normalized spacial score (nSPS) is 11.9. The smallest absolute Gasteiger partial charge is 0.228 e. The van der Waals surface area contributed by atoms with Gasteiger partial charge in [0.15, 0.2) is 0 Å². The van der Waals surface area contributed by atoms with Crippen LogP contribution in [0.2, 0.25) is 0 Å². The first-order chi connectivity index (χ1) is 9.54. The van der Waals surface area contributed by atoms with Crippen LogP contribution < -0.4 is 5.32 Å². The van der Waals surface area contributed by atoms with Crippen molar-refractivity contribution < 1.29 is 14.3 Å². The topological polar surface area (TPSA) is 49.3 Å². The van der Waals surface area contributed by atoms with Crippen molar-refractivity contribution in [1.29, 1.82) is 0 Å². The van der Waals surface area contributed by atoms with Crippen molar-refractivity contribution in [3.05, 3.63) is 65.5 Å². The average Bonchev–Trinajstić information content (AvgIpc) is 2.38. The van der Waals surface area contributed by atoms with Gasteiger partial charge in [-0.05, 0) is 42.3 Å². The molecule has 3 nitrogen and oxygen atoms in total. The molecule has 0 aliphatic carbocycles. The quantitative estimate of drug-likeness (QED) is 0.899. The van der Waals surface area contributed by atoms with Gasteiger partial charge in [-0.3, -0.25) is 4.79 Å². The van der Waals surface area contributed by atoms with Crippen molar-refractivity contribution in [1.82, 2.24) is 0 Å². The lowest BCUT2D eigenvalue weighted by atomic mass is 10.1. The molecule has 2 N–H and O–H groups in total. The Hall–Kier alpha value is -2.20. The second-order valence-corrected chi connectivity index (χ2v) is 4.66. The van der Waals surface area contributed by atoms with Gasteiger partial charge in [0.1, 0.15) is 5.82 Å². The fourth-order valence-electron chi connectivity index (χ4n) is 1.91. The Labute approximate surface area is 117 Å². The number of hydrogen-bond donors (Lipinski definition) is 2. The van der Waals surface area contributed by atoms with Crippen LogP contribution in [0.4, 0.5) is 10.1 Å². The van der Waals surface area contributed by atoms with Gasteiger partial charge >= 0.3 is 0 Å². The summed E-state index contributed by atoms with van der Waals surface area (Å²) in [7, 11) is 0. The van der Waals surface area contributed by atoms with Gasteiger partial charge in [0.05, 0.1) is 12.5 Å². The number of carbonyl (C=O) groups excluding carboxylic acids is 1. The van der Waals surface area contributed by atoms with Crippen LogP contribution in [0, 0.1) is 5.82 Å². The lowest BCUT2D eigenvalue weighted by Gasteiger charge is -2.09. The minimum Gasteiger partial charge on any atom is -0.389 e. The van der Waals surface area contributed by atoms with Crippen LogP contribution in [0.1, 0.15) is 24.2 Å². The van der Waals surface area contributed by atoms with Gasteiger partial charge < -0.3 is 10.4 Å². The lowest BCUT2D eigenvalue weighted by molar-refractivity contribution is -0.115. The monoisotopic (exact) mass is 273 g/mol. The van der Waals surface area contributed by atoms with E-state index in [-0.39, 0.29) is 18.1 Å². The number of carbonyl (C=O) groups is 1. The maximum Gasteiger partial charge on any atom is 0.228 e. The molecule has 2 aromatic carbocycles. The molecule has 20 heavy (non-hydrogen) atoms. The molecule has 0 aliphatic heterocycles. The highest BCUT2D eigenvalue weighted by molar-refractivity contribution is 5.92. The molecule has 0 bridgehead atoms. The molecule has 0 heterocycles.